The van der Waals surface area contributed by atoms with Crippen LogP contribution in [0.2, 0.25) is 0 Å². The minimum absolute atomic E-state index is 0.0787. The number of anilines is 1. The van der Waals surface area contributed by atoms with Gasteiger partial charge in [-0.2, -0.15) is 0 Å². The Balaban J connectivity index is 1.29. The van der Waals surface area contributed by atoms with Crippen molar-refractivity contribution in [1.29, 1.82) is 0 Å². The summed E-state index contributed by atoms with van der Waals surface area (Å²) in [4.78, 5) is 62.6. The van der Waals surface area contributed by atoms with Crippen LogP contribution in [0.25, 0.3) is 10.8 Å². The second kappa shape index (κ2) is 15.0. The van der Waals surface area contributed by atoms with E-state index >= 15 is 0 Å². The van der Waals surface area contributed by atoms with Crippen molar-refractivity contribution >= 4 is 40.2 Å². The van der Waals surface area contributed by atoms with Crippen molar-refractivity contribution in [2.75, 3.05) is 31.6 Å². The number of aliphatic hydroxyl groups is 1. The van der Waals surface area contributed by atoms with E-state index in [0.717, 1.165) is 29.2 Å². The van der Waals surface area contributed by atoms with E-state index in [-0.39, 0.29) is 37.3 Å². The lowest BCUT2D eigenvalue weighted by molar-refractivity contribution is -0.164. The number of fused-ring (bicyclic) bond motifs is 3. The number of allylic oxidation sites excluding steroid dienone is 1. The van der Waals surface area contributed by atoms with Crippen molar-refractivity contribution in [2.24, 2.45) is 11.8 Å². The van der Waals surface area contributed by atoms with Crippen molar-refractivity contribution in [3.63, 3.8) is 0 Å². The molecule has 272 valence electrons. The molecule has 3 aromatic carbocycles. The number of nitrogens with zero attached hydrogens (tertiary/aromatic N) is 3. The van der Waals surface area contributed by atoms with Crippen molar-refractivity contribution in [1.82, 2.24) is 9.80 Å². The van der Waals surface area contributed by atoms with Gasteiger partial charge in [-0.15, -0.1) is 0 Å². The lowest BCUT2D eigenvalue weighted by atomic mass is 9.77. The number of benzene rings is 3. The number of cyclic esters (lactones) is 1. The van der Waals surface area contributed by atoms with E-state index < -0.39 is 47.7 Å². The molecule has 0 unspecified atom stereocenters. The predicted octanol–water partition coefficient (Wildman–Crippen LogP) is 5.36. The molecule has 2 saturated heterocycles. The molecule has 10 nitrogen and oxygen atoms in total. The van der Waals surface area contributed by atoms with Crippen LogP contribution >= 0.6 is 0 Å². The Kier molecular flexibility index (Phi) is 10.3. The second-order valence-electron chi connectivity index (χ2n) is 14.4. The van der Waals surface area contributed by atoms with Crippen LogP contribution in [-0.2, 0) is 28.7 Å². The Morgan fingerprint density at radius 3 is 2.40 bits per heavy atom. The molecule has 2 fully saturated rings. The largest absolute Gasteiger partial charge is 0.455 e. The number of ether oxygens (including phenoxy) is 2. The third kappa shape index (κ3) is 6.43. The average molecular weight is 706 g/mol. The van der Waals surface area contributed by atoms with Crippen molar-refractivity contribution in [2.45, 2.75) is 75.3 Å². The van der Waals surface area contributed by atoms with E-state index in [9.17, 15) is 24.3 Å². The van der Waals surface area contributed by atoms with Gasteiger partial charge in [-0.25, -0.2) is 0 Å². The summed E-state index contributed by atoms with van der Waals surface area (Å²) in [7, 11) is 1.72. The Morgan fingerprint density at radius 2 is 1.62 bits per heavy atom. The summed E-state index contributed by atoms with van der Waals surface area (Å²) in [6.45, 7) is 2.53. The Morgan fingerprint density at radius 1 is 0.865 bits per heavy atom. The van der Waals surface area contributed by atoms with Gasteiger partial charge >= 0.3 is 5.97 Å². The zero-order valence-corrected chi connectivity index (χ0v) is 29.8. The highest BCUT2D eigenvalue weighted by molar-refractivity contribution is 6.06. The van der Waals surface area contributed by atoms with Gasteiger partial charge < -0.3 is 29.3 Å². The molecule has 0 aromatic heterocycles. The number of carbonyl (C=O) groups is 4. The minimum atomic E-state index is -1.43. The molecule has 7 atom stereocenters. The summed E-state index contributed by atoms with van der Waals surface area (Å²) < 4.78 is 13.3. The van der Waals surface area contributed by atoms with Crippen LogP contribution in [-0.4, -0.2) is 89.1 Å². The molecule has 0 radical (unpaired) electrons. The number of likely N-dealkylation sites (tertiary alicyclic amines) is 1. The first-order chi connectivity index (χ1) is 25.2. The number of amides is 3. The Bertz CT molecular complexity index is 1880. The molecule has 3 aromatic rings. The monoisotopic (exact) mass is 705 g/mol. The molecule has 0 aliphatic carbocycles. The highest BCUT2D eigenvalue weighted by atomic mass is 16.6. The smallest absolute Gasteiger partial charge is 0.313 e. The van der Waals surface area contributed by atoms with E-state index in [2.05, 4.69) is 0 Å². The number of rotatable bonds is 8. The molecular weight excluding hydrogens is 658 g/mol. The van der Waals surface area contributed by atoms with E-state index in [4.69, 9.17) is 9.47 Å². The van der Waals surface area contributed by atoms with Gasteiger partial charge in [0, 0.05) is 38.9 Å². The molecule has 52 heavy (non-hydrogen) atoms. The summed E-state index contributed by atoms with van der Waals surface area (Å²) in [6, 6.07) is 21.7. The molecule has 0 bridgehead atoms. The quantitative estimate of drug-likeness (QED) is 0.191. The van der Waals surface area contributed by atoms with Crippen LogP contribution in [0.4, 0.5) is 5.69 Å². The number of aliphatic hydroxyl groups excluding tert-OH is 1. The molecule has 1 spiro atoms. The van der Waals surface area contributed by atoms with E-state index in [0.29, 0.717) is 31.5 Å². The lowest BCUT2D eigenvalue weighted by Crippen LogP contribution is -2.55. The third-order valence-electron chi connectivity index (χ3n) is 11.3. The normalized spacial score (nSPS) is 29.9. The van der Waals surface area contributed by atoms with Gasteiger partial charge in [-0.05, 0) is 54.7 Å². The molecule has 4 aliphatic heterocycles. The molecule has 10 heteroatoms. The van der Waals surface area contributed by atoms with Crippen LogP contribution in [0.1, 0.15) is 57.1 Å². The lowest BCUT2D eigenvalue weighted by Gasteiger charge is -2.35. The zero-order chi connectivity index (χ0) is 36.4. The van der Waals surface area contributed by atoms with Crippen LogP contribution < -0.4 is 4.90 Å². The van der Waals surface area contributed by atoms with Gasteiger partial charge in [-0.3, -0.25) is 19.2 Å². The van der Waals surface area contributed by atoms with E-state index in [1.807, 2.05) is 97.9 Å². The molecule has 4 heterocycles. The molecule has 3 amide bonds. The van der Waals surface area contributed by atoms with Gasteiger partial charge in [0.25, 0.3) is 5.91 Å². The number of unbranched alkanes of at least 4 members (excludes halogenated alkanes) is 3. The standard InChI is InChI=1S/C42H47N3O7/c1-28-37(30-16-6-5-7-17-30)51-41(50)35-33(19-10-11-20-34(47)43(28)2)52-42-23-14-25-44(32-22-21-29-15-8-9-18-31(29)27-32)40(49)38(42)45(39(48)36(35)42)24-12-3-4-13-26-46/h5-10,14-19,21-23,27-28,33,35-38,46H,3-4,11-13,20,24-26H2,1-2H3/b19-10-/t28-,33-,35+,36+,37+,38-,42+/m0/s1. The fourth-order valence-corrected chi connectivity index (χ4v) is 8.45. The maximum Gasteiger partial charge on any atom is 0.313 e. The summed E-state index contributed by atoms with van der Waals surface area (Å²) in [5.74, 6) is -3.31. The summed E-state index contributed by atoms with van der Waals surface area (Å²) >= 11 is 0. The SMILES string of the molecule is C[C@H]1[C@H](c2ccccc2)OC(=O)[C@@H]2[C@H](/C=C\CCC(=O)N1C)O[C@@]13C=CCN(c4ccc5ccccc5c4)C(=O)[C@@H]1N(CCCCCCO)C(=O)[C@@H]23. The molecule has 7 rings (SSSR count). The minimum Gasteiger partial charge on any atom is -0.455 e. The summed E-state index contributed by atoms with van der Waals surface area (Å²) in [5.41, 5.74) is 0.0162. The van der Waals surface area contributed by atoms with Gasteiger partial charge in [0.15, 0.2) is 0 Å². The highest BCUT2D eigenvalue weighted by Crippen LogP contribution is 2.53. The molecule has 1 N–H and O–H groups in total. The highest BCUT2D eigenvalue weighted by Gasteiger charge is 2.71. The van der Waals surface area contributed by atoms with Crippen molar-refractivity contribution < 1.29 is 33.8 Å². The van der Waals surface area contributed by atoms with Gasteiger partial charge in [0.05, 0.1) is 18.1 Å². The number of hydrogen-bond acceptors (Lipinski definition) is 7. The van der Waals surface area contributed by atoms with Gasteiger partial charge in [0.1, 0.15) is 23.7 Å². The van der Waals surface area contributed by atoms with Crippen LogP contribution in [0.5, 0.6) is 0 Å². The third-order valence-corrected chi connectivity index (χ3v) is 11.3. The van der Waals surface area contributed by atoms with Crippen molar-refractivity contribution in [3.8, 4) is 0 Å². The van der Waals surface area contributed by atoms with E-state index in [1.54, 1.807) is 27.8 Å². The predicted molar refractivity (Wildman–Crippen MR) is 197 cm³/mol. The Labute approximate surface area is 304 Å². The fourth-order valence-electron chi connectivity index (χ4n) is 8.45. The van der Waals surface area contributed by atoms with E-state index in [1.165, 1.54) is 0 Å². The maximum absolute atomic E-state index is 15.0. The number of likely N-dealkylation sites (N-methyl/N-ethyl adjacent to an activating group) is 1. The molecular formula is C42H47N3O7. The number of carbonyl (C=O) groups excluding carboxylic acids is 4. The summed E-state index contributed by atoms with van der Waals surface area (Å²) in [6.07, 6.45) is 9.19. The average Bonchev–Trinajstić information content (AvgIpc) is 3.54. The maximum atomic E-state index is 15.0. The fraction of sp³-hybridized carbons (Fsp3) is 0.429. The van der Waals surface area contributed by atoms with Gasteiger partial charge in [-0.1, -0.05) is 97.8 Å². The first-order valence-corrected chi connectivity index (χ1v) is 18.5. The van der Waals surface area contributed by atoms with Crippen LogP contribution in [0.3, 0.4) is 0 Å². The first-order valence-electron chi connectivity index (χ1n) is 18.5. The van der Waals surface area contributed by atoms with Crippen molar-refractivity contribution in [3.05, 3.63) is 103 Å². The van der Waals surface area contributed by atoms with Gasteiger partial charge in [0.2, 0.25) is 11.8 Å². The van der Waals surface area contributed by atoms with Crippen LogP contribution in [0, 0.1) is 11.8 Å². The summed E-state index contributed by atoms with van der Waals surface area (Å²) in [5, 5.41) is 11.4. The zero-order valence-electron chi connectivity index (χ0n) is 29.8. The molecule has 0 saturated carbocycles. The van der Waals surface area contributed by atoms with Crippen LogP contribution in [0.15, 0.2) is 97.1 Å². The Hall–Kier alpha value is -4.80. The topological polar surface area (TPSA) is 117 Å². The number of hydrogen-bond donors (Lipinski definition) is 1. The second-order valence-corrected chi connectivity index (χ2v) is 14.4. The number of esters is 1. The first kappa shape index (κ1) is 35.6. The molecule has 4 aliphatic rings.